The molecular formula is C24H18N2O4-2. The monoisotopic (exact) mass is 398 g/mol. The molecule has 0 saturated carbocycles. The molecule has 0 aromatic heterocycles. The minimum absolute atomic E-state index is 0.417. The number of nitrogens with zero attached hydrogens (tertiary/aromatic N) is 2. The molecule has 0 atom stereocenters. The molecule has 4 aromatic carbocycles. The van der Waals surface area contributed by atoms with Crippen LogP contribution in [0, 0.1) is 10.4 Å². The van der Waals surface area contributed by atoms with Crippen LogP contribution in [0.4, 0.5) is 11.4 Å². The van der Waals surface area contributed by atoms with Gasteiger partial charge in [0.15, 0.2) is 11.5 Å². The second kappa shape index (κ2) is 9.00. The third-order valence-electron chi connectivity index (χ3n) is 4.35. The molecule has 30 heavy (non-hydrogen) atoms. The zero-order valence-electron chi connectivity index (χ0n) is 15.9. The highest BCUT2D eigenvalue weighted by molar-refractivity contribution is 5.65. The zero-order valence-corrected chi connectivity index (χ0v) is 15.9. The number of benzene rings is 4. The van der Waals surface area contributed by atoms with Gasteiger partial charge < -0.3 is 20.1 Å². The fourth-order valence-corrected chi connectivity index (χ4v) is 2.81. The van der Waals surface area contributed by atoms with Crippen molar-refractivity contribution in [2.24, 2.45) is 0 Å². The third kappa shape index (κ3) is 4.70. The maximum atomic E-state index is 12.0. The Hall–Kier alpha value is -4.00. The summed E-state index contributed by atoms with van der Waals surface area (Å²) >= 11 is 0. The highest BCUT2D eigenvalue weighted by atomic mass is 16.9. The van der Waals surface area contributed by atoms with Crippen LogP contribution in [-0.4, -0.2) is 0 Å². The molecule has 0 spiro atoms. The first-order valence-electron chi connectivity index (χ1n) is 9.30. The van der Waals surface area contributed by atoms with Gasteiger partial charge in [-0.05, 0) is 59.7 Å². The number of para-hydroxylation sites is 2. The summed E-state index contributed by atoms with van der Waals surface area (Å²) in [5.74, 6) is 0.866. The van der Waals surface area contributed by atoms with Crippen LogP contribution in [0.25, 0.3) is 11.1 Å². The van der Waals surface area contributed by atoms with Gasteiger partial charge in [-0.25, -0.2) is 0 Å². The Kier molecular flexibility index (Phi) is 5.80. The van der Waals surface area contributed by atoms with E-state index in [1.54, 1.807) is 72.8 Å². The van der Waals surface area contributed by atoms with Crippen LogP contribution in [0.5, 0.6) is 11.5 Å². The van der Waals surface area contributed by atoms with Gasteiger partial charge in [0.05, 0.1) is 11.4 Å². The average molecular weight is 398 g/mol. The van der Waals surface area contributed by atoms with E-state index in [0.29, 0.717) is 33.3 Å². The van der Waals surface area contributed by atoms with E-state index >= 15 is 0 Å². The van der Waals surface area contributed by atoms with Crippen LogP contribution in [0.3, 0.4) is 0 Å². The maximum absolute atomic E-state index is 12.0. The molecule has 0 unspecified atom stereocenters. The molecule has 0 fully saturated rings. The molecule has 0 radical (unpaired) electrons. The summed E-state index contributed by atoms with van der Waals surface area (Å²) in [5.41, 5.74) is 2.71. The van der Waals surface area contributed by atoms with Crippen molar-refractivity contribution in [2.75, 3.05) is 10.5 Å². The van der Waals surface area contributed by atoms with E-state index < -0.39 is 0 Å². The molecule has 0 bridgehead atoms. The maximum Gasteiger partial charge on any atom is 0.154 e. The molecule has 0 amide bonds. The second-order valence-corrected chi connectivity index (χ2v) is 6.42. The van der Waals surface area contributed by atoms with Gasteiger partial charge >= 0.3 is 0 Å². The van der Waals surface area contributed by atoms with Gasteiger partial charge in [-0.3, -0.25) is 10.5 Å². The molecule has 0 aliphatic carbocycles. The van der Waals surface area contributed by atoms with E-state index in [1.807, 2.05) is 36.4 Å². The van der Waals surface area contributed by atoms with Crippen LogP contribution < -0.4 is 20.1 Å². The van der Waals surface area contributed by atoms with E-state index in [4.69, 9.17) is 9.68 Å². The van der Waals surface area contributed by atoms with Gasteiger partial charge in [-0.15, -0.1) is 0 Å². The summed E-state index contributed by atoms with van der Waals surface area (Å²) in [7, 11) is 0. The van der Waals surface area contributed by atoms with Crippen LogP contribution in [0.2, 0.25) is 0 Å². The Labute approximate surface area is 174 Å². The molecule has 4 rings (SSSR count). The largest absolute Gasteiger partial charge is 0.724 e. The van der Waals surface area contributed by atoms with Crippen LogP contribution >= 0.6 is 0 Å². The van der Waals surface area contributed by atoms with Crippen molar-refractivity contribution < 1.29 is 9.68 Å². The molecule has 0 aliphatic heterocycles. The summed E-state index contributed by atoms with van der Waals surface area (Å²) in [4.78, 5) is 10.6. The summed E-state index contributed by atoms with van der Waals surface area (Å²) in [5, 5.41) is 25.0. The fourth-order valence-electron chi connectivity index (χ4n) is 2.81. The van der Waals surface area contributed by atoms with E-state index in [1.165, 1.54) is 0 Å². The smallest absolute Gasteiger partial charge is 0.154 e. The van der Waals surface area contributed by atoms with Gasteiger partial charge in [-0.1, -0.05) is 60.7 Å². The molecule has 150 valence electrons. The topological polar surface area (TPSA) is 71.1 Å². The van der Waals surface area contributed by atoms with E-state index in [-0.39, 0.29) is 0 Å². The van der Waals surface area contributed by atoms with E-state index in [2.05, 4.69) is 0 Å². The molecule has 6 heteroatoms. The average Bonchev–Trinajstić information content (AvgIpc) is 2.81. The van der Waals surface area contributed by atoms with Crippen molar-refractivity contribution >= 4 is 11.4 Å². The quantitative estimate of drug-likeness (QED) is 0.358. The lowest BCUT2D eigenvalue weighted by molar-refractivity contribution is 0.319. The predicted octanol–water partition coefficient (Wildman–Crippen LogP) is 5.95. The van der Waals surface area contributed by atoms with Crippen molar-refractivity contribution in [3.05, 3.63) is 120 Å². The highest BCUT2D eigenvalue weighted by Gasteiger charge is 2.03. The highest BCUT2D eigenvalue weighted by Crippen LogP contribution is 2.26. The van der Waals surface area contributed by atoms with Crippen molar-refractivity contribution in [3.63, 3.8) is 0 Å². The lowest BCUT2D eigenvalue weighted by atomic mass is 10.1. The number of anilines is 2. The number of rotatable bonds is 7. The summed E-state index contributed by atoms with van der Waals surface area (Å²) in [6.45, 7) is 0. The molecule has 0 saturated heterocycles. The Morgan fingerprint density at radius 3 is 1.10 bits per heavy atom. The van der Waals surface area contributed by atoms with Gasteiger partial charge in [0.25, 0.3) is 0 Å². The summed E-state index contributed by atoms with van der Waals surface area (Å²) < 4.78 is 0. The molecule has 0 aliphatic rings. The molecule has 4 aromatic rings. The van der Waals surface area contributed by atoms with Crippen LogP contribution in [0.1, 0.15) is 0 Å². The Morgan fingerprint density at radius 1 is 0.433 bits per heavy atom. The predicted molar refractivity (Wildman–Crippen MR) is 118 cm³/mol. The summed E-state index contributed by atoms with van der Waals surface area (Å²) in [6.07, 6.45) is 0. The molecule has 0 heterocycles. The van der Waals surface area contributed by atoms with Gasteiger partial charge in [0.2, 0.25) is 0 Å². The SMILES string of the molecule is [O-]N(Oc1ccc(-c2ccc(ON([O-])c3ccccc3)cc2)cc1)c1ccccc1. The van der Waals surface area contributed by atoms with Gasteiger partial charge in [-0.2, -0.15) is 0 Å². The Balaban J connectivity index is 1.39. The first-order chi connectivity index (χ1) is 14.7. The number of hydrogen-bond donors (Lipinski definition) is 0. The first-order valence-corrected chi connectivity index (χ1v) is 9.30. The van der Waals surface area contributed by atoms with Crippen molar-refractivity contribution in [1.82, 2.24) is 0 Å². The van der Waals surface area contributed by atoms with Crippen molar-refractivity contribution in [3.8, 4) is 22.6 Å². The Morgan fingerprint density at radius 2 is 0.767 bits per heavy atom. The van der Waals surface area contributed by atoms with Crippen LogP contribution in [-0.2, 0) is 0 Å². The molecule has 6 nitrogen and oxygen atoms in total. The van der Waals surface area contributed by atoms with E-state index in [0.717, 1.165) is 11.1 Å². The normalized spacial score (nSPS) is 10.3. The third-order valence-corrected chi connectivity index (χ3v) is 4.35. The minimum atomic E-state index is 0.417. The summed E-state index contributed by atoms with van der Waals surface area (Å²) in [6, 6.07) is 31.8. The lowest BCUT2D eigenvalue weighted by Crippen LogP contribution is -2.19. The van der Waals surface area contributed by atoms with Gasteiger partial charge in [0, 0.05) is 0 Å². The fraction of sp³-hybridized carbons (Fsp3) is 0. The van der Waals surface area contributed by atoms with Crippen molar-refractivity contribution in [1.29, 1.82) is 0 Å². The first kappa shape index (κ1) is 19.3. The molecular weight excluding hydrogens is 380 g/mol. The Bertz CT molecular complexity index is 967. The lowest BCUT2D eigenvalue weighted by Gasteiger charge is -2.29. The number of hydrogen-bond acceptors (Lipinski definition) is 6. The minimum Gasteiger partial charge on any atom is -0.724 e. The van der Waals surface area contributed by atoms with E-state index in [9.17, 15) is 10.4 Å². The van der Waals surface area contributed by atoms with Crippen molar-refractivity contribution in [2.45, 2.75) is 0 Å². The second-order valence-electron chi connectivity index (χ2n) is 6.42. The standard InChI is InChI=1S/C24H18N2O4/c27-25(21-7-3-1-4-8-21)29-23-15-11-19(12-16-23)20-13-17-24(18-14-20)30-26(28)22-9-5-2-6-10-22/h1-18H/q-2. The molecule has 0 N–H and O–H groups in total. The van der Waals surface area contributed by atoms with Crippen LogP contribution in [0.15, 0.2) is 109 Å². The zero-order chi connectivity index (χ0) is 20.8. The van der Waals surface area contributed by atoms with Gasteiger partial charge in [0.1, 0.15) is 0 Å².